The van der Waals surface area contributed by atoms with Gasteiger partial charge in [0.05, 0.1) is 12.1 Å². The van der Waals surface area contributed by atoms with Crippen LogP contribution in [-0.2, 0) is 4.79 Å². The minimum absolute atomic E-state index is 0.0551. The summed E-state index contributed by atoms with van der Waals surface area (Å²) in [4.78, 5) is 17.0. The van der Waals surface area contributed by atoms with Gasteiger partial charge in [0.2, 0.25) is 5.91 Å². The summed E-state index contributed by atoms with van der Waals surface area (Å²) in [6.45, 7) is 18.7. The summed E-state index contributed by atoms with van der Waals surface area (Å²) in [5, 5.41) is 9.66. The quantitative estimate of drug-likeness (QED) is 0.270. The van der Waals surface area contributed by atoms with Crippen LogP contribution in [-0.4, -0.2) is 24.7 Å². The topological polar surface area (TPSA) is 65.5 Å². The van der Waals surface area contributed by atoms with Crippen LogP contribution in [0.25, 0.3) is 0 Å². The minimum atomic E-state index is -0.0706. The van der Waals surface area contributed by atoms with Crippen LogP contribution < -0.4 is 16.0 Å². The monoisotopic (exact) mass is 434 g/mol. The maximum absolute atomic E-state index is 12.4. The Hall–Kier alpha value is -3.18. The van der Waals surface area contributed by atoms with Gasteiger partial charge in [0, 0.05) is 36.7 Å². The molecule has 2 atom stereocenters. The molecule has 3 N–H and O–H groups in total. The van der Waals surface area contributed by atoms with Crippen molar-refractivity contribution in [2.75, 3.05) is 11.9 Å². The molecule has 1 aromatic rings. The third-order valence-electron chi connectivity index (χ3n) is 4.63. The molecule has 1 rings (SSSR count). The fourth-order valence-electron chi connectivity index (χ4n) is 2.89. The summed E-state index contributed by atoms with van der Waals surface area (Å²) in [5.74, 6) is -0.0706. The van der Waals surface area contributed by atoms with Gasteiger partial charge in [-0.2, -0.15) is 0 Å². The molecule has 0 bridgehead atoms. The predicted octanol–water partition coefficient (Wildman–Crippen LogP) is 5.84. The molecule has 0 aromatic heterocycles. The summed E-state index contributed by atoms with van der Waals surface area (Å²) in [7, 11) is 0. The molecule has 0 heterocycles. The molecular formula is C27H38N4O. The first-order valence-corrected chi connectivity index (χ1v) is 11.0. The smallest absolute Gasteiger partial charge is 0.228 e. The first kappa shape index (κ1) is 26.9. The zero-order valence-electron chi connectivity index (χ0n) is 20.1. The van der Waals surface area contributed by atoms with E-state index in [1.807, 2.05) is 75.7 Å². The van der Waals surface area contributed by atoms with E-state index in [0.29, 0.717) is 0 Å². The first-order valence-electron chi connectivity index (χ1n) is 11.0. The van der Waals surface area contributed by atoms with E-state index in [1.54, 1.807) is 6.08 Å². The summed E-state index contributed by atoms with van der Waals surface area (Å²) < 4.78 is 0. The van der Waals surface area contributed by atoms with Crippen molar-refractivity contribution >= 4 is 17.8 Å². The lowest BCUT2D eigenvalue weighted by Gasteiger charge is -2.18. The number of hydrogen-bond acceptors (Lipinski definition) is 4. The highest BCUT2D eigenvalue weighted by Gasteiger charge is 2.10. The number of allylic oxidation sites excluding steroid dienone is 5. The van der Waals surface area contributed by atoms with Crippen molar-refractivity contribution in [2.45, 2.75) is 53.1 Å². The third-order valence-corrected chi connectivity index (χ3v) is 4.63. The number of nitrogens with zero attached hydrogens (tertiary/aromatic N) is 1. The van der Waals surface area contributed by atoms with Crippen molar-refractivity contribution in [3.05, 3.63) is 90.3 Å². The van der Waals surface area contributed by atoms with Crippen LogP contribution in [0.3, 0.4) is 0 Å². The molecule has 32 heavy (non-hydrogen) atoms. The molecule has 0 aliphatic carbocycles. The fraction of sp³-hybridized carbons (Fsp3) is 0.333. The van der Waals surface area contributed by atoms with Gasteiger partial charge in [-0.15, -0.1) is 0 Å². The fourth-order valence-corrected chi connectivity index (χ4v) is 2.89. The van der Waals surface area contributed by atoms with Gasteiger partial charge in [-0.05, 0) is 63.5 Å². The summed E-state index contributed by atoms with van der Waals surface area (Å²) in [5.41, 5.74) is 4.47. The van der Waals surface area contributed by atoms with E-state index in [2.05, 4.69) is 47.9 Å². The van der Waals surface area contributed by atoms with Crippen LogP contribution in [0, 0.1) is 0 Å². The van der Waals surface area contributed by atoms with Gasteiger partial charge in [-0.3, -0.25) is 9.79 Å². The number of amides is 1. The molecule has 5 nitrogen and oxygen atoms in total. The lowest BCUT2D eigenvalue weighted by atomic mass is 10.1. The standard InChI is InChI=1S/C27H38N4O/c1-8-11-13-23(9-2)16-27(32)31-25-15-12-14-24(17-25)22(7)30-21(6)18-29-26(20(4)5)19-28-10-3/h8-9,11-15,17-19,21-22,28,30H,2,4,10,16H2,1,3,5-7H3,(H,31,32)/b11-8-,23-13+,26-19+,29-18?/t21?,22-/m0/s1. The molecule has 0 fully saturated rings. The van der Waals surface area contributed by atoms with E-state index in [0.717, 1.165) is 34.6 Å². The van der Waals surface area contributed by atoms with Gasteiger partial charge in [-0.1, -0.05) is 49.6 Å². The van der Waals surface area contributed by atoms with Crippen molar-refractivity contribution in [1.29, 1.82) is 0 Å². The summed E-state index contributed by atoms with van der Waals surface area (Å²) in [6.07, 6.45) is 11.5. The van der Waals surface area contributed by atoms with E-state index in [4.69, 9.17) is 0 Å². The highest BCUT2D eigenvalue weighted by molar-refractivity contribution is 5.92. The Balaban J connectivity index is 2.77. The SMILES string of the molecule is C=C/C(=C\C=C/C)CC(=O)Nc1cccc([C@H](C)NC(C)C=N/C(=C/NCC)C(=C)C)c1. The maximum atomic E-state index is 12.4. The molecule has 1 unspecified atom stereocenters. The molecule has 0 saturated heterocycles. The Morgan fingerprint density at radius 1 is 1.28 bits per heavy atom. The highest BCUT2D eigenvalue weighted by atomic mass is 16.1. The van der Waals surface area contributed by atoms with Crippen LogP contribution in [0.15, 0.2) is 89.8 Å². The van der Waals surface area contributed by atoms with Crippen molar-refractivity contribution in [3.63, 3.8) is 0 Å². The second-order valence-electron chi connectivity index (χ2n) is 7.64. The number of aliphatic imine (C=N–C) groups is 1. The number of rotatable bonds is 13. The second kappa shape index (κ2) is 14.8. The molecule has 5 heteroatoms. The number of benzene rings is 1. The molecule has 0 radical (unpaired) electrons. The Morgan fingerprint density at radius 2 is 2.03 bits per heavy atom. The van der Waals surface area contributed by atoms with Gasteiger partial charge in [0.15, 0.2) is 0 Å². The maximum Gasteiger partial charge on any atom is 0.228 e. The highest BCUT2D eigenvalue weighted by Crippen LogP contribution is 2.19. The Kier molecular flexibility index (Phi) is 12.4. The Bertz CT molecular complexity index is 893. The zero-order chi connectivity index (χ0) is 23.9. The van der Waals surface area contributed by atoms with E-state index < -0.39 is 0 Å². The van der Waals surface area contributed by atoms with E-state index in [1.165, 1.54) is 0 Å². The van der Waals surface area contributed by atoms with Crippen LogP contribution in [0.5, 0.6) is 0 Å². The van der Waals surface area contributed by atoms with Crippen LogP contribution in [0.1, 0.15) is 52.6 Å². The van der Waals surface area contributed by atoms with E-state index >= 15 is 0 Å². The van der Waals surface area contributed by atoms with Gasteiger partial charge in [-0.25, -0.2) is 0 Å². The Labute approximate surface area is 193 Å². The number of anilines is 1. The normalized spacial score (nSPS) is 14.4. The van der Waals surface area contributed by atoms with Crippen molar-refractivity contribution in [2.24, 2.45) is 4.99 Å². The van der Waals surface area contributed by atoms with Gasteiger partial charge >= 0.3 is 0 Å². The molecule has 172 valence electrons. The van der Waals surface area contributed by atoms with E-state index in [9.17, 15) is 4.79 Å². The molecule has 0 aliphatic rings. The lowest BCUT2D eigenvalue weighted by molar-refractivity contribution is -0.115. The molecule has 1 aromatic carbocycles. The minimum Gasteiger partial charge on any atom is -0.389 e. The summed E-state index contributed by atoms with van der Waals surface area (Å²) in [6, 6.07) is 8.02. The van der Waals surface area contributed by atoms with Crippen molar-refractivity contribution in [3.8, 4) is 0 Å². The zero-order valence-corrected chi connectivity index (χ0v) is 20.1. The molecule has 0 saturated carbocycles. The molecule has 0 spiro atoms. The lowest BCUT2D eigenvalue weighted by Crippen LogP contribution is -2.30. The largest absolute Gasteiger partial charge is 0.389 e. The number of hydrogen-bond donors (Lipinski definition) is 3. The summed E-state index contributed by atoms with van der Waals surface area (Å²) >= 11 is 0. The van der Waals surface area contributed by atoms with Gasteiger partial charge < -0.3 is 16.0 Å². The van der Waals surface area contributed by atoms with Gasteiger partial charge in [0.25, 0.3) is 0 Å². The average Bonchev–Trinajstić information content (AvgIpc) is 2.76. The van der Waals surface area contributed by atoms with Crippen LogP contribution in [0.2, 0.25) is 0 Å². The third kappa shape index (κ3) is 10.2. The molecule has 0 aliphatic heterocycles. The second-order valence-corrected chi connectivity index (χ2v) is 7.64. The van der Waals surface area contributed by atoms with Crippen LogP contribution in [0.4, 0.5) is 5.69 Å². The Morgan fingerprint density at radius 3 is 2.66 bits per heavy atom. The number of nitrogens with one attached hydrogen (secondary N) is 3. The van der Waals surface area contributed by atoms with Crippen molar-refractivity contribution in [1.82, 2.24) is 10.6 Å². The van der Waals surface area contributed by atoms with Gasteiger partial charge in [0.1, 0.15) is 0 Å². The van der Waals surface area contributed by atoms with Crippen LogP contribution >= 0.6 is 0 Å². The first-order chi connectivity index (χ1) is 15.3. The predicted molar refractivity (Wildman–Crippen MR) is 139 cm³/mol. The number of carbonyl (C=O) groups is 1. The average molecular weight is 435 g/mol. The van der Waals surface area contributed by atoms with E-state index in [-0.39, 0.29) is 24.4 Å². The molecular weight excluding hydrogens is 396 g/mol. The number of carbonyl (C=O) groups excluding carboxylic acids is 1. The molecule has 1 amide bonds. The van der Waals surface area contributed by atoms with Crippen molar-refractivity contribution < 1.29 is 4.79 Å².